The van der Waals surface area contributed by atoms with Gasteiger partial charge in [0, 0.05) is 15.7 Å². The Bertz CT molecular complexity index is 378. The maximum absolute atomic E-state index is 10.8. The zero-order valence-electron chi connectivity index (χ0n) is 6.21. The Morgan fingerprint density at radius 3 is 2.25 bits per heavy atom. The van der Waals surface area contributed by atoms with Gasteiger partial charge < -0.3 is 0 Å². The summed E-state index contributed by atoms with van der Waals surface area (Å²) in [6, 6.07) is 4.44. The first-order chi connectivity index (χ1) is 5.39. The first kappa shape index (κ1) is 9.84. The van der Waals surface area contributed by atoms with Gasteiger partial charge in [0.15, 0.2) is 0 Å². The zero-order valence-corrected chi connectivity index (χ0v) is 8.54. The lowest BCUT2D eigenvalue weighted by Crippen LogP contribution is -1.90. The van der Waals surface area contributed by atoms with Gasteiger partial charge in [0.25, 0.3) is 9.05 Å². The molecular weight excluding hydrogens is 219 g/mol. The lowest BCUT2D eigenvalue weighted by Gasteiger charge is -1.98. The minimum Gasteiger partial charge on any atom is -0.207 e. The maximum Gasteiger partial charge on any atom is 0.261 e. The van der Waals surface area contributed by atoms with Crippen molar-refractivity contribution in [1.82, 2.24) is 0 Å². The molecule has 0 aliphatic heterocycles. The summed E-state index contributed by atoms with van der Waals surface area (Å²) in [7, 11) is 1.46. The van der Waals surface area contributed by atoms with E-state index < -0.39 is 9.05 Å². The van der Waals surface area contributed by atoms with E-state index in [4.69, 9.17) is 22.3 Å². The average Bonchev–Trinajstić information content (AvgIpc) is 1.82. The predicted octanol–water partition coefficient (Wildman–Crippen LogP) is 2.58. The van der Waals surface area contributed by atoms with Crippen LogP contribution < -0.4 is 0 Å². The van der Waals surface area contributed by atoms with Crippen LogP contribution in [0.2, 0.25) is 5.02 Å². The molecule has 0 saturated carbocycles. The summed E-state index contributed by atoms with van der Waals surface area (Å²) in [5, 5.41) is 0.370. The monoisotopic (exact) mass is 224 g/mol. The van der Waals surface area contributed by atoms with E-state index >= 15 is 0 Å². The fraction of sp³-hybridized carbons (Fsp3) is 0.143. The summed E-state index contributed by atoms with van der Waals surface area (Å²) in [4.78, 5) is 0.0363. The zero-order chi connectivity index (χ0) is 9.35. The van der Waals surface area contributed by atoms with Gasteiger partial charge in [-0.3, -0.25) is 0 Å². The largest absolute Gasteiger partial charge is 0.261 e. The van der Waals surface area contributed by atoms with Crippen LogP contribution >= 0.6 is 22.3 Å². The molecule has 5 heteroatoms. The van der Waals surface area contributed by atoms with E-state index in [0.29, 0.717) is 5.02 Å². The molecule has 0 aliphatic carbocycles. The van der Waals surface area contributed by atoms with Crippen molar-refractivity contribution in [3.05, 3.63) is 28.8 Å². The summed E-state index contributed by atoms with van der Waals surface area (Å²) in [5.41, 5.74) is 0.765. The molecule has 0 radical (unpaired) electrons. The van der Waals surface area contributed by atoms with Gasteiger partial charge in [0.2, 0.25) is 0 Å². The highest BCUT2D eigenvalue weighted by Crippen LogP contribution is 2.21. The molecule has 12 heavy (non-hydrogen) atoms. The molecule has 2 nitrogen and oxygen atoms in total. The number of rotatable bonds is 1. The number of halogens is 2. The highest BCUT2D eigenvalue weighted by molar-refractivity contribution is 8.13. The smallest absolute Gasteiger partial charge is 0.207 e. The summed E-state index contributed by atoms with van der Waals surface area (Å²) in [5.74, 6) is 0. The Morgan fingerprint density at radius 2 is 1.83 bits per heavy atom. The van der Waals surface area contributed by atoms with Crippen LogP contribution in [0.15, 0.2) is 23.1 Å². The number of hydrogen-bond donors (Lipinski definition) is 0. The van der Waals surface area contributed by atoms with E-state index in [1.165, 1.54) is 12.1 Å². The van der Waals surface area contributed by atoms with Crippen LogP contribution in [0.1, 0.15) is 5.56 Å². The van der Waals surface area contributed by atoms with Crippen molar-refractivity contribution in [2.75, 3.05) is 0 Å². The van der Waals surface area contributed by atoms with Crippen molar-refractivity contribution >= 4 is 31.3 Å². The van der Waals surface area contributed by atoms with Gasteiger partial charge in [-0.15, -0.1) is 0 Å². The van der Waals surface area contributed by atoms with Crippen molar-refractivity contribution in [2.45, 2.75) is 11.8 Å². The Morgan fingerprint density at radius 1 is 1.25 bits per heavy atom. The van der Waals surface area contributed by atoms with Gasteiger partial charge >= 0.3 is 0 Å². The molecule has 0 aliphatic rings. The minimum absolute atomic E-state index is 0.0363. The SMILES string of the molecule is Cc1cc(Cl)cc(S(=O)(=O)Cl)c1. The molecular formula is C7H6Cl2O2S. The molecule has 0 heterocycles. The molecule has 1 aromatic carbocycles. The molecule has 0 atom stereocenters. The molecule has 0 amide bonds. The van der Waals surface area contributed by atoms with E-state index in [0.717, 1.165) is 5.56 Å². The second-order valence-electron chi connectivity index (χ2n) is 2.40. The molecule has 0 unspecified atom stereocenters. The van der Waals surface area contributed by atoms with E-state index in [1.807, 2.05) is 0 Å². The van der Waals surface area contributed by atoms with Gasteiger partial charge in [-0.2, -0.15) is 0 Å². The molecule has 0 fully saturated rings. The second-order valence-corrected chi connectivity index (χ2v) is 5.40. The lowest BCUT2D eigenvalue weighted by molar-refractivity contribution is 0.609. The highest BCUT2D eigenvalue weighted by Gasteiger charge is 2.10. The van der Waals surface area contributed by atoms with Crippen molar-refractivity contribution in [3.8, 4) is 0 Å². The molecule has 0 aromatic heterocycles. The molecule has 0 saturated heterocycles. The minimum atomic E-state index is -3.66. The Hall–Kier alpha value is -0.250. The van der Waals surface area contributed by atoms with Crippen LogP contribution in [-0.4, -0.2) is 8.42 Å². The van der Waals surface area contributed by atoms with Crippen LogP contribution in [0.3, 0.4) is 0 Å². The average molecular weight is 225 g/mol. The van der Waals surface area contributed by atoms with Crippen LogP contribution in [0.5, 0.6) is 0 Å². The first-order valence-electron chi connectivity index (χ1n) is 3.11. The second kappa shape index (κ2) is 3.24. The number of hydrogen-bond acceptors (Lipinski definition) is 2. The standard InChI is InChI=1S/C7H6Cl2O2S/c1-5-2-6(8)4-7(3-5)12(9,10)11/h2-4H,1H3. The molecule has 66 valence electrons. The van der Waals surface area contributed by atoms with E-state index in [-0.39, 0.29) is 4.90 Å². The van der Waals surface area contributed by atoms with Crippen LogP contribution in [0, 0.1) is 6.92 Å². The summed E-state index contributed by atoms with van der Waals surface area (Å²) < 4.78 is 21.7. The van der Waals surface area contributed by atoms with Crippen molar-refractivity contribution in [2.24, 2.45) is 0 Å². The highest BCUT2D eigenvalue weighted by atomic mass is 35.7. The third-order valence-electron chi connectivity index (χ3n) is 1.30. The fourth-order valence-corrected chi connectivity index (χ4v) is 2.06. The lowest BCUT2D eigenvalue weighted by atomic mass is 10.2. The molecule has 1 rings (SSSR count). The van der Waals surface area contributed by atoms with Crippen LogP contribution in [0.4, 0.5) is 0 Å². The van der Waals surface area contributed by atoms with Gasteiger partial charge in [0.05, 0.1) is 4.90 Å². The molecule has 0 spiro atoms. The van der Waals surface area contributed by atoms with E-state index in [1.54, 1.807) is 13.0 Å². The van der Waals surface area contributed by atoms with E-state index in [2.05, 4.69) is 0 Å². The van der Waals surface area contributed by atoms with Crippen LogP contribution in [-0.2, 0) is 9.05 Å². The Balaban J connectivity index is 3.37. The van der Waals surface area contributed by atoms with Gasteiger partial charge in [-0.05, 0) is 30.7 Å². The Labute approximate surface area is 80.5 Å². The Kier molecular flexibility index (Phi) is 2.66. The van der Waals surface area contributed by atoms with Crippen molar-refractivity contribution in [1.29, 1.82) is 0 Å². The maximum atomic E-state index is 10.8. The van der Waals surface area contributed by atoms with E-state index in [9.17, 15) is 8.42 Å². The predicted molar refractivity (Wildman–Crippen MR) is 49.2 cm³/mol. The third kappa shape index (κ3) is 2.37. The topological polar surface area (TPSA) is 34.1 Å². The van der Waals surface area contributed by atoms with Gasteiger partial charge in [0.1, 0.15) is 0 Å². The molecule has 0 N–H and O–H groups in total. The van der Waals surface area contributed by atoms with Crippen molar-refractivity contribution in [3.63, 3.8) is 0 Å². The summed E-state index contributed by atoms with van der Waals surface area (Å²) in [6.45, 7) is 1.75. The van der Waals surface area contributed by atoms with Gasteiger partial charge in [-0.25, -0.2) is 8.42 Å². The first-order valence-corrected chi connectivity index (χ1v) is 5.80. The van der Waals surface area contributed by atoms with Crippen LogP contribution in [0.25, 0.3) is 0 Å². The third-order valence-corrected chi connectivity index (χ3v) is 2.85. The molecule has 1 aromatic rings. The number of benzene rings is 1. The normalized spacial score (nSPS) is 11.6. The summed E-state index contributed by atoms with van der Waals surface area (Å²) in [6.07, 6.45) is 0. The van der Waals surface area contributed by atoms with Gasteiger partial charge in [-0.1, -0.05) is 11.6 Å². The number of aryl methyl sites for hydroxylation is 1. The van der Waals surface area contributed by atoms with Crippen molar-refractivity contribution < 1.29 is 8.42 Å². The molecule has 0 bridgehead atoms. The fourth-order valence-electron chi connectivity index (χ4n) is 0.844. The summed E-state index contributed by atoms with van der Waals surface area (Å²) >= 11 is 5.63. The quantitative estimate of drug-likeness (QED) is 0.688.